The summed E-state index contributed by atoms with van der Waals surface area (Å²) in [5.74, 6) is 0. The average molecular weight is 1120 g/mol. The molecule has 61 heteroatoms. The van der Waals surface area contributed by atoms with Gasteiger partial charge in [0.1, 0.15) is 0 Å². The molecule has 120 N–H and O–H groups in total. The summed E-state index contributed by atoms with van der Waals surface area (Å²) in [6.07, 6.45) is 0. The molecule has 496 valence electrons. The highest BCUT2D eigenvalue weighted by Crippen LogP contribution is 1.21. The van der Waals surface area contributed by atoms with E-state index in [2.05, 4.69) is 0 Å². The van der Waals surface area contributed by atoms with Crippen molar-refractivity contribution < 1.29 is 329 Å². The summed E-state index contributed by atoms with van der Waals surface area (Å²) in [5, 5.41) is 7.32. The predicted molar refractivity (Wildman–Crippen MR) is 228 cm³/mol. The van der Waals surface area contributed by atoms with Gasteiger partial charge < -0.3 is 329 Å². The minimum Gasteiger partial charge on any atom is -0.412 e. The minimum absolute atomic E-state index is 0. The van der Waals surface area contributed by atoms with E-state index < -0.39 is 0 Å². The van der Waals surface area contributed by atoms with Gasteiger partial charge in [0, 0.05) is 6.92 Å². The Morgan fingerprint density at radius 1 is 0.111 bits per heavy atom. The van der Waals surface area contributed by atoms with Gasteiger partial charge in [0.05, 0.1) is 6.07 Å². The zero-order valence-electron chi connectivity index (χ0n) is 31.9. The lowest BCUT2D eigenvalue weighted by molar-refractivity contribution is 0.823. The van der Waals surface area contributed by atoms with Gasteiger partial charge in [-0.1, -0.05) is 0 Å². The number of hydrogen-bond donors (Lipinski definition) is 0. The van der Waals surface area contributed by atoms with Crippen molar-refractivity contribution in [2.45, 2.75) is 6.92 Å². The number of nitriles is 1. The largest absolute Gasteiger partial charge is 0.412 e. The molecule has 0 radical (unpaired) electrons. The highest BCUT2D eigenvalue weighted by molar-refractivity contribution is 4.51. The van der Waals surface area contributed by atoms with Crippen LogP contribution in [-0.2, 0) is 0 Å². The summed E-state index contributed by atoms with van der Waals surface area (Å²) >= 11 is 0. The van der Waals surface area contributed by atoms with Crippen molar-refractivity contribution in [3.63, 3.8) is 0 Å². The Labute approximate surface area is 348 Å². The SMILES string of the molecule is CC#N.O.O.O.O.O.O.O.O.O.O.O.O.O.O.O.O.O.O.O.O.O.O.O.O.O.O.O.O.O.O.O.O.O.O.O.O.O.O.O.O.O.O.O.O.O.O.O.O.O.O.O.O.O.O.O.O.O.O.O.O. The number of rotatable bonds is 0. The number of hydrogen-bond acceptors (Lipinski definition) is 1. The van der Waals surface area contributed by atoms with Crippen LogP contribution < -0.4 is 0 Å². The molecule has 0 saturated carbocycles. The summed E-state index contributed by atoms with van der Waals surface area (Å²) in [7, 11) is 0. The lowest BCUT2D eigenvalue weighted by Gasteiger charge is -1.15. The van der Waals surface area contributed by atoms with Crippen molar-refractivity contribution in [1.82, 2.24) is 0 Å². The Bertz CT molecular complexity index is 41.7. The molecule has 0 atom stereocenters. The molecule has 0 bridgehead atoms. The fourth-order valence-electron chi connectivity index (χ4n) is 0. The molecule has 0 heterocycles. The van der Waals surface area contributed by atoms with Crippen molar-refractivity contribution in [2.75, 3.05) is 0 Å². The van der Waals surface area contributed by atoms with E-state index in [-0.39, 0.29) is 329 Å². The van der Waals surface area contributed by atoms with Crippen LogP contribution in [0.2, 0.25) is 0 Å². The van der Waals surface area contributed by atoms with Gasteiger partial charge in [-0.3, -0.25) is 0 Å². The third kappa shape index (κ3) is 22700. The van der Waals surface area contributed by atoms with E-state index in [0.717, 1.165) is 0 Å². The second kappa shape index (κ2) is 54700. The van der Waals surface area contributed by atoms with Crippen molar-refractivity contribution >= 4 is 0 Å². The van der Waals surface area contributed by atoms with E-state index in [1.54, 1.807) is 6.07 Å². The van der Waals surface area contributed by atoms with Crippen molar-refractivity contribution in [3.8, 4) is 6.07 Å². The molecular formula is C2H123NO60. The first-order valence-electron chi connectivity index (χ1n) is 0.724. The lowest BCUT2D eigenvalue weighted by atomic mass is 11.0. The van der Waals surface area contributed by atoms with E-state index >= 15 is 0 Å². The van der Waals surface area contributed by atoms with Crippen LogP contribution in [0.15, 0.2) is 0 Å². The van der Waals surface area contributed by atoms with Crippen LogP contribution in [0.4, 0.5) is 0 Å². The second-order valence-electron chi connectivity index (χ2n) is 0.224. The smallest absolute Gasteiger partial charge is 0.0587 e. The third-order valence-electron chi connectivity index (χ3n) is 0. The van der Waals surface area contributed by atoms with Gasteiger partial charge >= 0.3 is 0 Å². The third-order valence-corrected chi connectivity index (χ3v) is 0. The van der Waals surface area contributed by atoms with Crippen LogP contribution in [0.1, 0.15) is 6.92 Å². The Morgan fingerprint density at radius 2 is 0.111 bits per heavy atom. The Kier molecular flexibility index (Phi) is 220000000. The van der Waals surface area contributed by atoms with Crippen molar-refractivity contribution in [3.05, 3.63) is 0 Å². The Hall–Kier alpha value is -2.91. The molecule has 63 heavy (non-hydrogen) atoms. The lowest BCUT2D eigenvalue weighted by Crippen LogP contribution is -1.10. The van der Waals surface area contributed by atoms with E-state index in [9.17, 15) is 0 Å². The normalized spacial score (nSPS) is 0.127. The summed E-state index contributed by atoms with van der Waals surface area (Å²) in [6, 6.07) is 1.75. The molecule has 0 spiro atoms. The monoisotopic (exact) mass is 1120 g/mol. The van der Waals surface area contributed by atoms with Crippen LogP contribution >= 0.6 is 0 Å². The topological polar surface area (TPSA) is 1910 Å². The van der Waals surface area contributed by atoms with Gasteiger partial charge in [-0.15, -0.1) is 0 Å². The zero-order chi connectivity index (χ0) is 2.71. The molecule has 0 aliphatic rings. The molecule has 0 saturated heterocycles. The summed E-state index contributed by atoms with van der Waals surface area (Å²) < 4.78 is 0. The molecule has 0 aliphatic heterocycles. The first kappa shape index (κ1) is 253000. The van der Waals surface area contributed by atoms with Crippen LogP contribution in [0, 0.1) is 11.3 Å². The van der Waals surface area contributed by atoms with Crippen LogP contribution in [0.25, 0.3) is 0 Å². The van der Waals surface area contributed by atoms with Crippen LogP contribution in [0.5, 0.6) is 0 Å². The molecule has 0 unspecified atom stereocenters. The van der Waals surface area contributed by atoms with E-state index in [4.69, 9.17) is 5.26 Å². The molecule has 61 nitrogen and oxygen atoms in total. The molecule has 0 aromatic rings. The minimum atomic E-state index is 0. The summed E-state index contributed by atoms with van der Waals surface area (Å²) in [4.78, 5) is 0. The molecule has 0 fully saturated rings. The van der Waals surface area contributed by atoms with Gasteiger partial charge in [0.2, 0.25) is 0 Å². The standard InChI is InChI=1S/C2H3N.60H2O/c1-2-3;;;;;;;;;;;;;;;;;;;;;;;;;;;;;;;;;;;;;;;;;;;;;;;;;;;;;;;;;;;;/h1H3;60*1H2. The Balaban J connectivity index is -0.0000000000113. The Morgan fingerprint density at radius 3 is 0.111 bits per heavy atom. The summed E-state index contributed by atoms with van der Waals surface area (Å²) in [6.45, 7) is 1.43. The molecular weight excluding hydrogens is 998 g/mol. The van der Waals surface area contributed by atoms with Crippen LogP contribution in [-0.4, -0.2) is 329 Å². The fourth-order valence-corrected chi connectivity index (χ4v) is 0. The van der Waals surface area contributed by atoms with Gasteiger partial charge in [0.25, 0.3) is 0 Å². The average Bonchev–Trinajstić information content (AvgIpc) is 0.918. The van der Waals surface area contributed by atoms with Gasteiger partial charge in [-0.25, -0.2) is 0 Å². The maximum Gasteiger partial charge on any atom is 0.0587 e. The molecule has 0 aromatic carbocycles. The summed E-state index contributed by atoms with van der Waals surface area (Å²) in [5.41, 5.74) is 0. The first-order valence-corrected chi connectivity index (χ1v) is 0.724. The first-order chi connectivity index (χ1) is 1.41. The van der Waals surface area contributed by atoms with E-state index in [0.29, 0.717) is 0 Å². The van der Waals surface area contributed by atoms with Gasteiger partial charge in [-0.2, -0.15) is 5.26 Å². The van der Waals surface area contributed by atoms with E-state index in [1.165, 1.54) is 6.92 Å². The molecule has 0 aliphatic carbocycles. The van der Waals surface area contributed by atoms with Crippen LogP contribution in [0.3, 0.4) is 0 Å². The van der Waals surface area contributed by atoms with Gasteiger partial charge in [0.15, 0.2) is 0 Å². The number of nitrogens with zero attached hydrogens (tertiary/aromatic N) is 1. The highest BCUT2D eigenvalue weighted by atomic mass is 16.1. The van der Waals surface area contributed by atoms with Crippen molar-refractivity contribution in [1.29, 1.82) is 5.26 Å². The highest BCUT2D eigenvalue weighted by Gasteiger charge is 1.17. The van der Waals surface area contributed by atoms with Gasteiger partial charge in [-0.05, 0) is 0 Å². The molecule has 0 amide bonds. The fraction of sp³-hybridized carbons (Fsp3) is 0.500. The zero-order valence-corrected chi connectivity index (χ0v) is 31.9. The maximum absolute atomic E-state index is 7.32. The van der Waals surface area contributed by atoms with E-state index in [1.807, 2.05) is 0 Å². The van der Waals surface area contributed by atoms with Crippen molar-refractivity contribution in [2.24, 2.45) is 0 Å². The molecule has 0 rings (SSSR count). The predicted octanol–water partition coefficient (Wildman–Crippen LogP) is -49.0. The second-order valence-corrected chi connectivity index (χ2v) is 0.224. The molecule has 0 aromatic heterocycles. The quantitative estimate of drug-likeness (QED) is 0.224. The maximum atomic E-state index is 7.32.